The molecule has 2 heterocycles. The third-order valence-corrected chi connectivity index (χ3v) is 3.90. The van der Waals surface area contributed by atoms with E-state index in [0.29, 0.717) is 0 Å². The molecule has 1 fully saturated rings. The van der Waals surface area contributed by atoms with E-state index in [9.17, 15) is 0 Å². The van der Waals surface area contributed by atoms with Crippen LogP contribution in [0.4, 0.5) is 0 Å². The lowest BCUT2D eigenvalue weighted by Crippen LogP contribution is -2.35. The number of rotatable bonds is 2. The van der Waals surface area contributed by atoms with Crippen molar-refractivity contribution < 1.29 is 4.74 Å². The largest absolute Gasteiger partial charge is 0.379 e. The predicted octanol–water partition coefficient (Wildman–Crippen LogP) is 2.76. The summed E-state index contributed by atoms with van der Waals surface area (Å²) in [6, 6.07) is 6.27. The van der Waals surface area contributed by atoms with Gasteiger partial charge in [-0.3, -0.25) is 4.90 Å². The highest BCUT2D eigenvalue weighted by Gasteiger charge is 2.14. The Kier molecular flexibility index (Phi) is 3.18. The summed E-state index contributed by atoms with van der Waals surface area (Å²) in [5, 5.41) is 1.30. The predicted molar refractivity (Wildman–Crippen MR) is 72.1 cm³/mol. The van der Waals surface area contributed by atoms with Crippen molar-refractivity contribution in [3.05, 3.63) is 34.4 Å². The van der Waals surface area contributed by atoms with Crippen LogP contribution in [0.3, 0.4) is 0 Å². The first-order valence-corrected chi connectivity index (χ1v) is 6.68. The average Bonchev–Trinajstić information content (AvgIpc) is 2.75. The Hall–Kier alpha value is -0.840. The number of halogens is 1. The van der Waals surface area contributed by atoms with Crippen LogP contribution in [0.15, 0.2) is 28.9 Å². The Balaban J connectivity index is 1.89. The molecule has 0 aliphatic carbocycles. The number of nitrogens with zero attached hydrogens (tertiary/aromatic N) is 1. The molecule has 4 heteroatoms. The Morgan fingerprint density at radius 1 is 1.29 bits per heavy atom. The highest BCUT2D eigenvalue weighted by molar-refractivity contribution is 9.10. The molecule has 1 aliphatic heterocycles. The van der Waals surface area contributed by atoms with Gasteiger partial charge in [0.2, 0.25) is 0 Å². The molecule has 0 amide bonds. The van der Waals surface area contributed by atoms with Crippen LogP contribution in [0.25, 0.3) is 10.9 Å². The minimum absolute atomic E-state index is 0.851. The fourth-order valence-corrected chi connectivity index (χ4v) is 2.95. The van der Waals surface area contributed by atoms with Crippen LogP contribution in [-0.4, -0.2) is 36.2 Å². The van der Waals surface area contributed by atoms with Gasteiger partial charge >= 0.3 is 0 Å². The van der Waals surface area contributed by atoms with Gasteiger partial charge in [-0.15, -0.1) is 0 Å². The van der Waals surface area contributed by atoms with E-state index in [4.69, 9.17) is 4.74 Å². The van der Waals surface area contributed by atoms with Crippen molar-refractivity contribution in [3.8, 4) is 0 Å². The molecule has 0 radical (unpaired) electrons. The average molecular weight is 295 g/mol. The second kappa shape index (κ2) is 4.80. The maximum absolute atomic E-state index is 5.37. The standard InChI is InChI=1S/C13H15BrN2O/c14-11-2-1-3-12-13(11)10(8-15-12)9-16-4-6-17-7-5-16/h1-3,8,15H,4-7,9H2. The Labute approximate surface area is 109 Å². The number of nitrogens with one attached hydrogen (secondary N) is 1. The second-order valence-electron chi connectivity index (χ2n) is 4.36. The molecule has 3 nitrogen and oxygen atoms in total. The molecule has 0 unspecified atom stereocenters. The Morgan fingerprint density at radius 2 is 2.12 bits per heavy atom. The lowest BCUT2D eigenvalue weighted by atomic mass is 10.1. The van der Waals surface area contributed by atoms with Crippen LogP contribution >= 0.6 is 15.9 Å². The van der Waals surface area contributed by atoms with E-state index in [-0.39, 0.29) is 0 Å². The van der Waals surface area contributed by atoms with E-state index in [1.54, 1.807) is 0 Å². The molecule has 1 aromatic heterocycles. The van der Waals surface area contributed by atoms with Crippen LogP contribution in [0.2, 0.25) is 0 Å². The first-order chi connectivity index (χ1) is 8.34. The van der Waals surface area contributed by atoms with Gasteiger partial charge in [0.25, 0.3) is 0 Å². The summed E-state index contributed by atoms with van der Waals surface area (Å²) in [4.78, 5) is 5.77. The third kappa shape index (κ3) is 2.25. The van der Waals surface area contributed by atoms with Gasteiger partial charge in [0.15, 0.2) is 0 Å². The van der Waals surface area contributed by atoms with Crippen molar-refractivity contribution in [1.29, 1.82) is 0 Å². The number of hydrogen-bond donors (Lipinski definition) is 1. The first-order valence-electron chi connectivity index (χ1n) is 5.89. The van der Waals surface area contributed by atoms with Crippen molar-refractivity contribution >= 4 is 26.8 Å². The Bertz CT molecular complexity index is 517. The molecule has 17 heavy (non-hydrogen) atoms. The molecule has 0 atom stereocenters. The van der Waals surface area contributed by atoms with Crippen molar-refractivity contribution in [2.75, 3.05) is 26.3 Å². The molecule has 90 valence electrons. The summed E-state index contributed by atoms with van der Waals surface area (Å²) in [5.74, 6) is 0. The van der Waals surface area contributed by atoms with Gasteiger partial charge in [-0.2, -0.15) is 0 Å². The van der Waals surface area contributed by atoms with Gasteiger partial charge < -0.3 is 9.72 Å². The molecule has 0 spiro atoms. The maximum atomic E-state index is 5.37. The Morgan fingerprint density at radius 3 is 2.94 bits per heavy atom. The monoisotopic (exact) mass is 294 g/mol. The summed E-state index contributed by atoms with van der Waals surface area (Å²) < 4.78 is 6.54. The number of morpholine rings is 1. The van der Waals surface area contributed by atoms with Crippen molar-refractivity contribution in [3.63, 3.8) is 0 Å². The van der Waals surface area contributed by atoms with E-state index in [1.165, 1.54) is 20.9 Å². The number of hydrogen-bond acceptors (Lipinski definition) is 2. The number of H-pyrrole nitrogens is 1. The lowest BCUT2D eigenvalue weighted by molar-refractivity contribution is 0.0343. The molecular weight excluding hydrogens is 280 g/mol. The first kappa shape index (κ1) is 11.3. The zero-order valence-electron chi connectivity index (χ0n) is 9.58. The van der Waals surface area contributed by atoms with Gasteiger partial charge in [-0.05, 0) is 17.7 Å². The van der Waals surface area contributed by atoms with Gasteiger partial charge in [-0.1, -0.05) is 22.0 Å². The summed E-state index contributed by atoms with van der Waals surface area (Å²) in [6.45, 7) is 4.74. The van der Waals surface area contributed by atoms with Crippen LogP contribution in [0.5, 0.6) is 0 Å². The second-order valence-corrected chi connectivity index (χ2v) is 5.22. The summed E-state index contributed by atoms with van der Waals surface area (Å²) in [7, 11) is 0. The highest BCUT2D eigenvalue weighted by Crippen LogP contribution is 2.27. The molecule has 1 aliphatic rings. The van der Waals surface area contributed by atoms with Crippen molar-refractivity contribution in [1.82, 2.24) is 9.88 Å². The van der Waals surface area contributed by atoms with Gasteiger partial charge in [-0.25, -0.2) is 0 Å². The molecule has 3 rings (SSSR count). The molecule has 1 aromatic carbocycles. The minimum atomic E-state index is 0.851. The molecule has 0 bridgehead atoms. The van der Waals surface area contributed by atoms with E-state index >= 15 is 0 Å². The summed E-state index contributed by atoms with van der Waals surface area (Å²) in [6.07, 6.45) is 2.12. The number of fused-ring (bicyclic) bond motifs is 1. The van der Waals surface area contributed by atoms with Gasteiger partial charge in [0.1, 0.15) is 0 Å². The molecule has 1 saturated heterocycles. The molecule has 1 N–H and O–H groups in total. The summed E-state index contributed by atoms with van der Waals surface area (Å²) >= 11 is 3.63. The quantitative estimate of drug-likeness (QED) is 0.922. The van der Waals surface area contributed by atoms with E-state index in [2.05, 4.69) is 50.2 Å². The third-order valence-electron chi connectivity index (χ3n) is 3.23. The van der Waals surface area contributed by atoms with Crippen LogP contribution in [0, 0.1) is 0 Å². The number of benzene rings is 1. The van der Waals surface area contributed by atoms with E-state index in [1.807, 2.05) is 0 Å². The van der Waals surface area contributed by atoms with Crippen molar-refractivity contribution in [2.45, 2.75) is 6.54 Å². The number of ether oxygens (including phenoxy) is 1. The van der Waals surface area contributed by atoms with E-state index < -0.39 is 0 Å². The fourth-order valence-electron chi connectivity index (χ4n) is 2.33. The van der Waals surface area contributed by atoms with Gasteiger partial charge in [0, 0.05) is 41.2 Å². The van der Waals surface area contributed by atoms with Crippen LogP contribution in [-0.2, 0) is 11.3 Å². The highest BCUT2D eigenvalue weighted by atomic mass is 79.9. The van der Waals surface area contributed by atoms with Crippen LogP contribution < -0.4 is 0 Å². The molecule has 0 saturated carbocycles. The van der Waals surface area contributed by atoms with Crippen LogP contribution in [0.1, 0.15) is 5.56 Å². The smallest absolute Gasteiger partial charge is 0.0594 e. The topological polar surface area (TPSA) is 28.3 Å². The maximum Gasteiger partial charge on any atom is 0.0594 e. The normalized spacial score (nSPS) is 17.7. The molecular formula is C13H15BrN2O. The lowest BCUT2D eigenvalue weighted by Gasteiger charge is -2.26. The molecule has 2 aromatic rings. The van der Waals surface area contributed by atoms with Crippen molar-refractivity contribution in [2.24, 2.45) is 0 Å². The zero-order chi connectivity index (χ0) is 11.7. The van der Waals surface area contributed by atoms with Gasteiger partial charge in [0.05, 0.1) is 13.2 Å². The number of aromatic amines is 1. The number of aromatic nitrogens is 1. The minimum Gasteiger partial charge on any atom is -0.379 e. The SMILES string of the molecule is Brc1cccc2[nH]cc(CN3CCOCC3)c12. The fraction of sp³-hybridized carbons (Fsp3) is 0.385. The summed E-state index contributed by atoms with van der Waals surface area (Å²) in [5.41, 5.74) is 2.55. The van der Waals surface area contributed by atoms with E-state index in [0.717, 1.165) is 32.8 Å². The zero-order valence-corrected chi connectivity index (χ0v) is 11.2.